The van der Waals surface area contributed by atoms with Gasteiger partial charge >= 0.3 is 5.97 Å². The summed E-state index contributed by atoms with van der Waals surface area (Å²) in [5.74, 6) is -2.32. The molecule has 0 saturated carbocycles. The van der Waals surface area contributed by atoms with Gasteiger partial charge in [0.25, 0.3) is 0 Å². The molecule has 1 rings (SSSR count). The number of carbonyl (C=O) groups is 5. The maximum absolute atomic E-state index is 12.4. The van der Waals surface area contributed by atoms with E-state index < -0.39 is 23.2 Å². The smallest absolute Gasteiger partial charge is 0.327 e. The van der Waals surface area contributed by atoms with Crippen molar-refractivity contribution in [1.29, 1.82) is 0 Å². The van der Waals surface area contributed by atoms with Crippen LogP contribution in [0.4, 0.5) is 0 Å². The molecule has 0 aliphatic carbocycles. The molecule has 2 atom stereocenters. The van der Waals surface area contributed by atoms with Gasteiger partial charge in [0, 0.05) is 45.7 Å². The topological polar surface area (TPSA) is 142 Å². The fourth-order valence-electron chi connectivity index (χ4n) is 2.76. The van der Waals surface area contributed by atoms with Crippen LogP contribution in [0.1, 0.15) is 39.0 Å². The molecular weight excluding hydrogens is 402 g/mol. The van der Waals surface area contributed by atoms with E-state index in [9.17, 15) is 24.0 Å². The number of carbonyl (C=O) groups excluding carboxylic acids is 4. The van der Waals surface area contributed by atoms with Crippen LogP contribution in [-0.2, 0) is 28.7 Å². The number of nitrogens with one attached hydrogen (secondary N) is 2. The summed E-state index contributed by atoms with van der Waals surface area (Å²) in [6, 6.07) is -1.11. The van der Waals surface area contributed by atoms with Gasteiger partial charge in [0.1, 0.15) is 6.04 Å². The van der Waals surface area contributed by atoms with Gasteiger partial charge in [0.05, 0.1) is 11.9 Å². The highest BCUT2D eigenvalue weighted by molar-refractivity contribution is 8.00. The van der Waals surface area contributed by atoms with Gasteiger partial charge in [-0.3, -0.25) is 24.1 Å². The average Bonchev–Trinajstić information content (AvgIpc) is 2.91. The Bertz CT molecular complexity index is 614. The van der Waals surface area contributed by atoms with Gasteiger partial charge in [0.2, 0.25) is 23.6 Å². The van der Waals surface area contributed by atoms with Gasteiger partial charge in [-0.2, -0.15) is 0 Å². The number of rotatable bonds is 14. The minimum atomic E-state index is -1.19. The van der Waals surface area contributed by atoms with E-state index in [0.29, 0.717) is 38.8 Å². The molecule has 0 aromatic heterocycles. The van der Waals surface area contributed by atoms with Gasteiger partial charge < -0.3 is 20.5 Å². The monoisotopic (exact) mass is 431 g/mol. The Kier molecular flexibility index (Phi) is 11.3. The van der Waals surface area contributed by atoms with Crippen molar-refractivity contribution in [2.24, 2.45) is 0 Å². The molecule has 1 unspecified atom stereocenters. The largest absolute Gasteiger partial charge is 0.480 e. The average molecular weight is 432 g/mol. The lowest BCUT2D eigenvalue weighted by Gasteiger charge is -2.16. The van der Waals surface area contributed by atoms with Crippen molar-refractivity contribution < 1.29 is 33.8 Å². The lowest BCUT2D eigenvalue weighted by atomic mass is 10.2. The summed E-state index contributed by atoms with van der Waals surface area (Å²) >= 11 is 1.06. The van der Waals surface area contributed by atoms with Crippen molar-refractivity contribution in [1.82, 2.24) is 15.5 Å². The summed E-state index contributed by atoms with van der Waals surface area (Å²) in [4.78, 5) is 59.5. The highest BCUT2D eigenvalue weighted by Crippen LogP contribution is 2.26. The highest BCUT2D eigenvalue weighted by atomic mass is 32.2. The first-order valence-corrected chi connectivity index (χ1v) is 10.5. The molecule has 0 bridgehead atoms. The molecule has 1 aliphatic rings. The molecule has 11 heteroatoms. The third-order valence-electron chi connectivity index (χ3n) is 4.26. The van der Waals surface area contributed by atoms with Gasteiger partial charge in [0.15, 0.2) is 0 Å². The van der Waals surface area contributed by atoms with Crippen LogP contribution in [0.25, 0.3) is 0 Å². The Morgan fingerprint density at radius 2 is 2.00 bits per heavy atom. The Morgan fingerprint density at radius 3 is 2.62 bits per heavy atom. The Morgan fingerprint density at radius 1 is 1.28 bits per heavy atom. The molecule has 10 nitrogen and oxygen atoms in total. The van der Waals surface area contributed by atoms with Crippen molar-refractivity contribution in [3.05, 3.63) is 0 Å². The Labute approximate surface area is 174 Å². The standard InChI is InChI=1S/C18H29N3O7S/c1-12(22)20-13(18(26)27)11-29-14-10-16(24)21(17(14)25)8-5-3-4-6-15(23)19-7-9-28-2/h13-14H,3-11H2,1-2H3,(H,19,23)(H,20,22)(H,26,27)/t13-,14?/m1/s1. The number of methoxy groups -OCH3 is 1. The molecule has 3 N–H and O–H groups in total. The lowest BCUT2D eigenvalue weighted by molar-refractivity contribution is -0.141. The molecule has 0 radical (unpaired) electrons. The van der Waals surface area contributed by atoms with Gasteiger partial charge in [-0.1, -0.05) is 6.42 Å². The van der Waals surface area contributed by atoms with Gasteiger partial charge in [-0.15, -0.1) is 11.8 Å². The van der Waals surface area contributed by atoms with Gasteiger partial charge in [-0.25, -0.2) is 4.79 Å². The first kappa shape index (κ1) is 24.9. The summed E-state index contributed by atoms with van der Waals surface area (Å²) in [7, 11) is 1.56. The molecular formula is C18H29N3O7S. The molecule has 0 spiro atoms. The molecule has 1 aliphatic heterocycles. The Balaban J connectivity index is 2.32. The second-order valence-corrected chi connectivity index (χ2v) is 7.89. The quantitative estimate of drug-likeness (QED) is 0.253. The zero-order valence-corrected chi connectivity index (χ0v) is 17.6. The summed E-state index contributed by atoms with van der Waals surface area (Å²) < 4.78 is 4.85. The number of hydrogen-bond donors (Lipinski definition) is 3. The number of hydrogen-bond acceptors (Lipinski definition) is 7. The molecule has 1 fully saturated rings. The van der Waals surface area contributed by atoms with Crippen molar-refractivity contribution in [2.75, 3.05) is 32.6 Å². The third kappa shape index (κ3) is 9.27. The number of ether oxygens (including phenoxy) is 1. The number of aliphatic carboxylic acids is 1. The molecule has 0 aromatic rings. The zero-order chi connectivity index (χ0) is 21.8. The third-order valence-corrected chi connectivity index (χ3v) is 5.55. The SMILES string of the molecule is COCCNC(=O)CCCCCN1C(=O)CC(SC[C@@H](NC(C)=O)C(=O)O)C1=O. The minimum Gasteiger partial charge on any atom is -0.480 e. The molecule has 1 heterocycles. The summed E-state index contributed by atoms with van der Waals surface area (Å²) in [5.41, 5.74) is 0. The van der Waals surface area contributed by atoms with Crippen LogP contribution >= 0.6 is 11.8 Å². The van der Waals surface area contributed by atoms with Gasteiger partial charge in [-0.05, 0) is 12.8 Å². The molecule has 29 heavy (non-hydrogen) atoms. The van der Waals surface area contributed by atoms with E-state index in [0.717, 1.165) is 11.8 Å². The lowest BCUT2D eigenvalue weighted by Crippen LogP contribution is -2.42. The van der Waals surface area contributed by atoms with E-state index in [1.165, 1.54) is 11.8 Å². The number of likely N-dealkylation sites (tertiary alicyclic amines) is 1. The van der Waals surface area contributed by atoms with Crippen molar-refractivity contribution in [3.63, 3.8) is 0 Å². The van der Waals surface area contributed by atoms with Crippen molar-refractivity contribution in [3.8, 4) is 0 Å². The minimum absolute atomic E-state index is 0.00459. The second kappa shape index (κ2) is 13.2. The van der Waals surface area contributed by atoms with E-state index in [-0.39, 0.29) is 36.4 Å². The van der Waals surface area contributed by atoms with E-state index in [1.54, 1.807) is 7.11 Å². The molecule has 164 valence electrons. The number of imide groups is 1. The second-order valence-electron chi connectivity index (χ2n) is 6.65. The van der Waals surface area contributed by atoms with E-state index in [1.807, 2.05) is 0 Å². The Hall–Kier alpha value is -2.14. The normalized spacial score (nSPS) is 17.3. The van der Waals surface area contributed by atoms with E-state index in [4.69, 9.17) is 9.84 Å². The molecule has 1 saturated heterocycles. The van der Waals surface area contributed by atoms with Crippen LogP contribution in [0.5, 0.6) is 0 Å². The summed E-state index contributed by atoms with van der Waals surface area (Å²) in [6.45, 7) is 2.43. The first-order chi connectivity index (χ1) is 13.8. The number of unbranched alkanes of at least 4 members (excludes halogenated alkanes) is 2. The van der Waals surface area contributed by atoms with Crippen LogP contribution < -0.4 is 10.6 Å². The van der Waals surface area contributed by atoms with Crippen molar-refractivity contribution in [2.45, 2.75) is 50.3 Å². The fourth-order valence-corrected chi connectivity index (χ4v) is 3.94. The summed E-state index contributed by atoms with van der Waals surface area (Å²) in [5, 5.41) is 13.5. The maximum atomic E-state index is 12.4. The number of nitrogens with zero attached hydrogens (tertiary/aromatic N) is 1. The molecule has 4 amide bonds. The van der Waals surface area contributed by atoms with E-state index >= 15 is 0 Å². The highest BCUT2D eigenvalue weighted by Gasteiger charge is 2.39. The van der Waals surface area contributed by atoms with Crippen LogP contribution in [0.15, 0.2) is 0 Å². The van der Waals surface area contributed by atoms with Crippen LogP contribution in [0.3, 0.4) is 0 Å². The van der Waals surface area contributed by atoms with Crippen LogP contribution in [0, 0.1) is 0 Å². The first-order valence-electron chi connectivity index (χ1n) is 9.47. The predicted molar refractivity (Wildman–Crippen MR) is 106 cm³/mol. The number of thioether (sulfide) groups is 1. The van der Waals surface area contributed by atoms with Crippen molar-refractivity contribution >= 4 is 41.4 Å². The number of carboxylic acid groups (broad SMARTS) is 1. The van der Waals surface area contributed by atoms with Crippen LogP contribution in [0.2, 0.25) is 0 Å². The number of carboxylic acids is 1. The molecule has 0 aromatic carbocycles. The maximum Gasteiger partial charge on any atom is 0.327 e. The zero-order valence-electron chi connectivity index (χ0n) is 16.8. The number of amides is 4. The van der Waals surface area contributed by atoms with E-state index in [2.05, 4.69) is 10.6 Å². The fraction of sp³-hybridized carbons (Fsp3) is 0.722. The predicted octanol–water partition coefficient (Wildman–Crippen LogP) is -0.241. The summed E-state index contributed by atoms with van der Waals surface area (Å²) in [6.07, 6.45) is 2.37. The van der Waals surface area contributed by atoms with Crippen LogP contribution in [-0.4, -0.2) is 83.5 Å².